The summed E-state index contributed by atoms with van der Waals surface area (Å²) >= 11 is 0. The molecule has 0 aliphatic rings. The van der Waals surface area contributed by atoms with E-state index in [1.807, 2.05) is 38.1 Å². The molecule has 1 amide bonds. The molecule has 0 bridgehead atoms. The molecule has 0 saturated heterocycles. The second-order valence-corrected chi connectivity index (χ2v) is 5.37. The highest BCUT2D eigenvalue weighted by Gasteiger charge is 2.07. The Kier molecular flexibility index (Phi) is 7.09. The molecule has 0 radical (unpaired) electrons. The lowest BCUT2D eigenvalue weighted by molar-refractivity contribution is -0.123. The molecule has 4 nitrogen and oxygen atoms in total. The van der Waals surface area contributed by atoms with E-state index in [-0.39, 0.29) is 24.6 Å². The van der Waals surface area contributed by atoms with Gasteiger partial charge < -0.3 is 15.8 Å². The summed E-state index contributed by atoms with van der Waals surface area (Å²) in [5.41, 5.74) is 6.92. The summed E-state index contributed by atoms with van der Waals surface area (Å²) in [4.78, 5) is 11.7. The van der Waals surface area contributed by atoms with Crippen LogP contribution in [-0.2, 0) is 11.2 Å². The molecule has 0 aliphatic heterocycles. The lowest BCUT2D eigenvalue weighted by Crippen LogP contribution is -2.35. The highest BCUT2D eigenvalue weighted by molar-refractivity contribution is 5.77. The third-order valence-corrected chi connectivity index (χ3v) is 2.98. The Morgan fingerprint density at radius 1 is 1.30 bits per heavy atom. The summed E-state index contributed by atoms with van der Waals surface area (Å²) in [5.74, 6) is 0.627. The topological polar surface area (TPSA) is 64.3 Å². The average molecular weight is 278 g/mol. The van der Waals surface area contributed by atoms with Crippen molar-refractivity contribution in [3.8, 4) is 5.75 Å². The Hall–Kier alpha value is -1.55. The summed E-state index contributed by atoms with van der Waals surface area (Å²) in [6, 6.07) is 8.06. The van der Waals surface area contributed by atoms with E-state index in [2.05, 4.69) is 12.2 Å². The third kappa shape index (κ3) is 6.57. The second kappa shape index (κ2) is 8.59. The number of amides is 1. The van der Waals surface area contributed by atoms with Crippen LogP contribution in [-0.4, -0.2) is 24.6 Å². The molecular weight excluding hydrogens is 252 g/mol. The Balaban J connectivity index is 2.36. The van der Waals surface area contributed by atoms with Crippen LogP contribution in [0.3, 0.4) is 0 Å². The predicted octanol–water partition coefficient (Wildman–Crippen LogP) is 2.26. The monoisotopic (exact) mass is 278 g/mol. The van der Waals surface area contributed by atoms with Gasteiger partial charge in [0.05, 0.1) is 0 Å². The minimum atomic E-state index is -0.0781. The fourth-order valence-corrected chi connectivity index (χ4v) is 2.06. The van der Waals surface area contributed by atoms with Gasteiger partial charge in [0, 0.05) is 12.1 Å². The van der Waals surface area contributed by atoms with Gasteiger partial charge in [-0.1, -0.05) is 25.5 Å². The summed E-state index contributed by atoms with van der Waals surface area (Å²) < 4.78 is 5.46. The van der Waals surface area contributed by atoms with Crippen LogP contribution in [0.4, 0.5) is 0 Å². The Labute approximate surface area is 121 Å². The number of carbonyl (C=O) groups is 1. The van der Waals surface area contributed by atoms with Crippen LogP contribution in [0.5, 0.6) is 5.75 Å². The van der Waals surface area contributed by atoms with Crippen molar-refractivity contribution >= 4 is 5.91 Å². The number of nitrogens with two attached hydrogens (primary N) is 1. The van der Waals surface area contributed by atoms with Crippen LogP contribution in [0.15, 0.2) is 24.3 Å². The number of benzene rings is 1. The first-order chi connectivity index (χ1) is 9.51. The van der Waals surface area contributed by atoms with Crippen LogP contribution in [0.25, 0.3) is 0 Å². The normalized spacial score (nSPS) is 13.6. The van der Waals surface area contributed by atoms with Crippen molar-refractivity contribution in [3.05, 3.63) is 29.8 Å². The van der Waals surface area contributed by atoms with Gasteiger partial charge in [-0.25, -0.2) is 0 Å². The number of hydrogen-bond acceptors (Lipinski definition) is 3. The second-order valence-electron chi connectivity index (χ2n) is 5.37. The number of hydrogen-bond donors (Lipinski definition) is 2. The molecule has 0 saturated carbocycles. The van der Waals surface area contributed by atoms with E-state index in [0.29, 0.717) is 5.75 Å². The maximum Gasteiger partial charge on any atom is 0.258 e. The molecule has 1 aromatic carbocycles. The molecule has 2 atom stereocenters. The summed E-state index contributed by atoms with van der Waals surface area (Å²) in [6.45, 7) is 6.14. The van der Waals surface area contributed by atoms with Crippen molar-refractivity contribution in [1.82, 2.24) is 5.32 Å². The van der Waals surface area contributed by atoms with Crippen molar-refractivity contribution in [2.75, 3.05) is 6.61 Å². The molecule has 3 N–H and O–H groups in total. The van der Waals surface area contributed by atoms with Gasteiger partial charge >= 0.3 is 0 Å². The van der Waals surface area contributed by atoms with Crippen molar-refractivity contribution in [2.24, 2.45) is 5.73 Å². The molecule has 112 valence electrons. The van der Waals surface area contributed by atoms with Crippen molar-refractivity contribution in [2.45, 2.75) is 52.1 Å². The minimum Gasteiger partial charge on any atom is -0.484 e. The van der Waals surface area contributed by atoms with E-state index in [9.17, 15) is 4.79 Å². The SMILES string of the molecule is CCCC(C)NC(=O)COc1ccc(CC(C)N)cc1. The first-order valence-electron chi connectivity index (χ1n) is 7.28. The lowest BCUT2D eigenvalue weighted by atomic mass is 10.1. The van der Waals surface area contributed by atoms with Gasteiger partial charge in [-0.05, 0) is 44.4 Å². The Bertz CT molecular complexity index is 401. The molecule has 0 heterocycles. The zero-order chi connectivity index (χ0) is 15.0. The first kappa shape index (κ1) is 16.5. The lowest BCUT2D eigenvalue weighted by Gasteiger charge is -2.13. The zero-order valence-electron chi connectivity index (χ0n) is 12.7. The van der Waals surface area contributed by atoms with Crippen LogP contribution >= 0.6 is 0 Å². The maximum absolute atomic E-state index is 11.7. The molecule has 0 aromatic heterocycles. The van der Waals surface area contributed by atoms with Gasteiger partial charge in [0.15, 0.2) is 6.61 Å². The van der Waals surface area contributed by atoms with Crippen molar-refractivity contribution in [3.63, 3.8) is 0 Å². The van der Waals surface area contributed by atoms with E-state index >= 15 is 0 Å². The van der Waals surface area contributed by atoms with Crippen LogP contribution in [0.1, 0.15) is 39.2 Å². The average Bonchev–Trinajstić information content (AvgIpc) is 2.37. The number of rotatable bonds is 8. The zero-order valence-corrected chi connectivity index (χ0v) is 12.7. The van der Waals surface area contributed by atoms with Gasteiger partial charge in [-0.2, -0.15) is 0 Å². The molecule has 0 spiro atoms. The summed E-state index contributed by atoms with van der Waals surface area (Å²) in [7, 11) is 0. The van der Waals surface area contributed by atoms with E-state index in [1.165, 1.54) is 5.56 Å². The highest BCUT2D eigenvalue weighted by atomic mass is 16.5. The number of ether oxygens (including phenoxy) is 1. The van der Waals surface area contributed by atoms with Gasteiger partial charge in [0.25, 0.3) is 5.91 Å². The quantitative estimate of drug-likeness (QED) is 0.766. The van der Waals surface area contributed by atoms with Gasteiger partial charge in [0.1, 0.15) is 5.75 Å². The van der Waals surface area contributed by atoms with Gasteiger partial charge in [0.2, 0.25) is 0 Å². The maximum atomic E-state index is 11.7. The molecular formula is C16H26N2O2. The summed E-state index contributed by atoms with van der Waals surface area (Å²) in [5, 5.41) is 2.91. The van der Waals surface area contributed by atoms with E-state index in [4.69, 9.17) is 10.5 Å². The van der Waals surface area contributed by atoms with Crippen molar-refractivity contribution in [1.29, 1.82) is 0 Å². The fourth-order valence-electron chi connectivity index (χ4n) is 2.06. The van der Waals surface area contributed by atoms with E-state index in [0.717, 1.165) is 19.3 Å². The van der Waals surface area contributed by atoms with Gasteiger partial charge in [-0.3, -0.25) is 4.79 Å². The van der Waals surface area contributed by atoms with Crippen LogP contribution in [0, 0.1) is 0 Å². The minimum absolute atomic E-state index is 0.0562. The fraction of sp³-hybridized carbons (Fsp3) is 0.562. The molecule has 2 unspecified atom stereocenters. The smallest absolute Gasteiger partial charge is 0.258 e. The highest BCUT2D eigenvalue weighted by Crippen LogP contribution is 2.13. The molecule has 1 rings (SSSR count). The van der Waals surface area contributed by atoms with E-state index < -0.39 is 0 Å². The molecule has 1 aromatic rings. The Morgan fingerprint density at radius 3 is 2.50 bits per heavy atom. The molecule has 4 heteroatoms. The Morgan fingerprint density at radius 2 is 1.95 bits per heavy atom. The largest absolute Gasteiger partial charge is 0.484 e. The number of nitrogens with one attached hydrogen (secondary N) is 1. The van der Waals surface area contributed by atoms with E-state index in [1.54, 1.807) is 0 Å². The summed E-state index contributed by atoms with van der Waals surface area (Å²) in [6.07, 6.45) is 2.89. The standard InChI is InChI=1S/C16H26N2O2/c1-4-5-13(3)18-16(19)11-20-15-8-6-14(7-9-15)10-12(2)17/h6-9,12-13H,4-5,10-11,17H2,1-3H3,(H,18,19). The predicted molar refractivity (Wildman–Crippen MR) is 81.8 cm³/mol. The van der Waals surface area contributed by atoms with Crippen LogP contribution < -0.4 is 15.8 Å². The molecule has 0 fully saturated rings. The molecule has 0 aliphatic carbocycles. The van der Waals surface area contributed by atoms with Crippen LogP contribution in [0.2, 0.25) is 0 Å². The van der Waals surface area contributed by atoms with Gasteiger partial charge in [-0.15, -0.1) is 0 Å². The first-order valence-corrected chi connectivity index (χ1v) is 7.28. The third-order valence-electron chi connectivity index (χ3n) is 2.98. The van der Waals surface area contributed by atoms with Crippen molar-refractivity contribution < 1.29 is 9.53 Å². The number of carbonyl (C=O) groups excluding carboxylic acids is 1. The molecule has 20 heavy (non-hydrogen) atoms.